The first-order valence-corrected chi connectivity index (χ1v) is 9.53. The van der Waals surface area contributed by atoms with Crippen LogP contribution in [0.3, 0.4) is 0 Å². The fourth-order valence-corrected chi connectivity index (χ4v) is 3.31. The molecule has 6 heteroatoms. The van der Waals surface area contributed by atoms with E-state index in [4.69, 9.17) is 4.74 Å². The molecule has 0 aliphatic heterocycles. The maximum atomic E-state index is 12.3. The van der Waals surface area contributed by atoms with Gasteiger partial charge in [0, 0.05) is 10.3 Å². The van der Waals surface area contributed by atoms with Crippen LogP contribution in [0.1, 0.15) is 56.8 Å². The number of thiophene rings is 1. The maximum absolute atomic E-state index is 12.3. The maximum Gasteiger partial charge on any atom is 0.338 e. The Morgan fingerprint density at radius 2 is 1.67 bits per heavy atom. The van der Waals surface area contributed by atoms with Crippen LogP contribution in [0, 0.1) is 19.3 Å². The second-order valence-corrected chi connectivity index (χ2v) is 8.74. The highest BCUT2D eigenvalue weighted by atomic mass is 32.1. The fraction of sp³-hybridized carbons (Fsp3) is 0.381. The molecule has 0 aliphatic carbocycles. The Bertz CT molecular complexity index is 841. The van der Waals surface area contributed by atoms with Crippen molar-refractivity contribution in [1.82, 2.24) is 5.32 Å². The number of rotatable bonds is 6. The fourth-order valence-electron chi connectivity index (χ4n) is 2.43. The van der Waals surface area contributed by atoms with E-state index < -0.39 is 11.4 Å². The van der Waals surface area contributed by atoms with Crippen molar-refractivity contribution < 1.29 is 19.1 Å². The molecule has 5 nitrogen and oxygen atoms in total. The normalized spacial score (nSPS) is 11.1. The number of hydrogen-bond donors (Lipinski definition) is 1. The Labute approximate surface area is 163 Å². The van der Waals surface area contributed by atoms with Gasteiger partial charge in [-0.3, -0.25) is 9.59 Å². The van der Waals surface area contributed by atoms with Crippen molar-refractivity contribution in [3.8, 4) is 0 Å². The predicted octanol–water partition coefficient (Wildman–Crippen LogP) is 4.07. The molecule has 0 bridgehead atoms. The minimum absolute atomic E-state index is 0.0499. The third-order valence-electron chi connectivity index (χ3n) is 3.83. The Hall–Kier alpha value is -2.47. The number of esters is 1. The largest absolute Gasteiger partial charge is 0.454 e. The second-order valence-electron chi connectivity index (χ2n) is 7.57. The molecule has 2 aromatic rings. The molecule has 144 valence electrons. The summed E-state index contributed by atoms with van der Waals surface area (Å²) in [7, 11) is 0. The number of ether oxygens (including phenoxy) is 1. The van der Waals surface area contributed by atoms with Crippen molar-refractivity contribution >= 4 is 29.0 Å². The molecular formula is C21H25NO4S. The smallest absolute Gasteiger partial charge is 0.338 e. The van der Waals surface area contributed by atoms with Gasteiger partial charge in [-0.2, -0.15) is 0 Å². The van der Waals surface area contributed by atoms with Gasteiger partial charge in [-0.15, -0.1) is 11.3 Å². The number of benzene rings is 1. The highest BCUT2D eigenvalue weighted by molar-refractivity contribution is 7.14. The number of ketones is 1. The lowest BCUT2D eigenvalue weighted by Crippen LogP contribution is -2.34. The lowest BCUT2D eigenvalue weighted by atomic mass is 9.96. The SMILES string of the molecule is Cc1cc(C)cc(C(=O)OCC(=O)c2ccc(CNC(=O)C(C)(C)C)s2)c1. The monoisotopic (exact) mass is 387 g/mol. The number of aryl methyl sites for hydroxylation is 2. The molecular weight excluding hydrogens is 362 g/mol. The summed E-state index contributed by atoms with van der Waals surface area (Å²) in [6, 6.07) is 8.93. The van der Waals surface area contributed by atoms with Crippen molar-refractivity contribution in [2.75, 3.05) is 6.61 Å². The summed E-state index contributed by atoms with van der Waals surface area (Å²) in [4.78, 5) is 37.7. The Balaban J connectivity index is 1.90. The van der Waals surface area contributed by atoms with Gasteiger partial charge in [0.15, 0.2) is 6.61 Å². The van der Waals surface area contributed by atoms with E-state index in [1.54, 1.807) is 24.3 Å². The number of carbonyl (C=O) groups excluding carboxylic acids is 3. The Kier molecular flexibility index (Phi) is 6.54. The minimum atomic E-state index is -0.510. The number of Topliss-reactive ketones (excluding diaryl/α,β-unsaturated/α-hetero) is 1. The van der Waals surface area contributed by atoms with Crippen LogP contribution in [0.5, 0.6) is 0 Å². The van der Waals surface area contributed by atoms with Crippen molar-refractivity contribution in [2.24, 2.45) is 5.41 Å². The van der Waals surface area contributed by atoms with E-state index in [9.17, 15) is 14.4 Å². The van der Waals surface area contributed by atoms with E-state index in [1.807, 2.05) is 40.7 Å². The molecule has 1 N–H and O–H groups in total. The van der Waals surface area contributed by atoms with Crippen molar-refractivity contribution in [1.29, 1.82) is 0 Å². The van der Waals surface area contributed by atoms with E-state index in [1.165, 1.54) is 11.3 Å². The van der Waals surface area contributed by atoms with Gasteiger partial charge in [-0.1, -0.05) is 38.0 Å². The summed E-state index contributed by atoms with van der Waals surface area (Å²) in [6.45, 7) is 9.40. The molecule has 0 saturated heterocycles. The average molecular weight is 388 g/mol. The van der Waals surface area contributed by atoms with E-state index in [-0.39, 0.29) is 18.3 Å². The number of nitrogens with one attached hydrogen (secondary N) is 1. The topological polar surface area (TPSA) is 72.5 Å². The van der Waals surface area contributed by atoms with Crippen molar-refractivity contribution in [3.63, 3.8) is 0 Å². The summed E-state index contributed by atoms with van der Waals surface area (Å²) < 4.78 is 5.15. The van der Waals surface area contributed by atoms with Crippen LogP contribution in [0.4, 0.5) is 0 Å². The summed E-state index contributed by atoms with van der Waals surface area (Å²) in [5, 5.41) is 2.85. The molecule has 0 fully saturated rings. The van der Waals surface area contributed by atoms with E-state index >= 15 is 0 Å². The molecule has 0 spiro atoms. The standard InChI is InChI=1S/C21H25NO4S/c1-13-8-14(2)10-15(9-13)19(24)26-12-17(23)18-7-6-16(27-18)11-22-20(25)21(3,4)5/h6-10H,11-12H2,1-5H3,(H,22,25). The van der Waals surface area contributed by atoms with E-state index in [0.717, 1.165) is 16.0 Å². The van der Waals surface area contributed by atoms with Crippen LogP contribution >= 0.6 is 11.3 Å². The molecule has 1 heterocycles. The number of hydrogen-bond acceptors (Lipinski definition) is 5. The molecule has 2 rings (SSSR count). The molecule has 1 amide bonds. The van der Waals surface area contributed by atoms with Crippen LogP contribution in [0.2, 0.25) is 0 Å². The van der Waals surface area contributed by atoms with Gasteiger partial charge in [-0.05, 0) is 38.1 Å². The first-order chi connectivity index (χ1) is 12.6. The summed E-state index contributed by atoms with van der Waals surface area (Å²) in [5.41, 5.74) is 1.91. The number of amides is 1. The molecule has 27 heavy (non-hydrogen) atoms. The molecule has 0 unspecified atom stereocenters. The molecule has 0 saturated carbocycles. The minimum Gasteiger partial charge on any atom is -0.454 e. The van der Waals surface area contributed by atoms with Crippen LogP contribution in [-0.2, 0) is 16.1 Å². The van der Waals surface area contributed by atoms with Crippen LogP contribution in [0.15, 0.2) is 30.3 Å². The highest BCUT2D eigenvalue weighted by Gasteiger charge is 2.21. The molecule has 0 radical (unpaired) electrons. The van der Waals surface area contributed by atoms with Crippen LogP contribution in [0.25, 0.3) is 0 Å². The van der Waals surface area contributed by atoms with Gasteiger partial charge in [0.2, 0.25) is 11.7 Å². The van der Waals surface area contributed by atoms with Gasteiger partial charge < -0.3 is 10.1 Å². The predicted molar refractivity (Wildman–Crippen MR) is 106 cm³/mol. The molecule has 0 atom stereocenters. The average Bonchev–Trinajstić information content (AvgIpc) is 3.04. The lowest BCUT2D eigenvalue weighted by Gasteiger charge is -2.17. The third-order valence-corrected chi connectivity index (χ3v) is 4.96. The molecule has 0 aliphatic rings. The zero-order valence-electron chi connectivity index (χ0n) is 16.3. The van der Waals surface area contributed by atoms with Gasteiger partial charge in [0.1, 0.15) is 0 Å². The third kappa shape index (κ3) is 6.03. The first-order valence-electron chi connectivity index (χ1n) is 8.72. The van der Waals surface area contributed by atoms with Gasteiger partial charge in [0.05, 0.1) is 17.0 Å². The summed E-state index contributed by atoms with van der Waals surface area (Å²) in [5.74, 6) is -0.818. The Morgan fingerprint density at radius 3 is 2.26 bits per heavy atom. The first kappa shape index (κ1) is 20.8. The second kappa shape index (κ2) is 8.48. The van der Waals surface area contributed by atoms with E-state index in [2.05, 4.69) is 5.32 Å². The zero-order chi connectivity index (χ0) is 20.2. The quantitative estimate of drug-likeness (QED) is 0.599. The van der Waals surface area contributed by atoms with Gasteiger partial charge >= 0.3 is 5.97 Å². The van der Waals surface area contributed by atoms with Crippen LogP contribution in [-0.4, -0.2) is 24.3 Å². The van der Waals surface area contributed by atoms with Gasteiger partial charge in [-0.25, -0.2) is 4.79 Å². The molecule has 1 aromatic heterocycles. The summed E-state index contributed by atoms with van der Waals surface area (Å²) >= 11 is 1.29. The lowest BCUT2D eigenvalue weighted by molar-refractivity contribution is -0.128. The summed E-state index contributed by atoms with van der Waals surface area (Å²) in [6.07, 6.45) is 0. The van der Waals surface area contributed by atoms with E-state index in [0.29, 0.717) is 17.0 Å². The van der Waals surface area contributed by atoms with Crippen molar-refractivity contribution in [3.05, 3.63) is 56.8 Å². The Morgan fingerprint density at radius 1 is 1.04 bits per heavy atom. The highest BCUT2D eigenvalue weighted by Crippen LogP contribution is 2.19. The number of carbonyl (C=O) groups is 3. The van der Waals surface area contributed by atoms with Gasteiger partial charge in [0.25, 0.3) is 0 Å². The van der Waals surface area contributed by atoms with Crippen LogP contribution < -0.4 is 5.32 Å². The molecule has 1 aromatic carbocycles. The zero-order valence-corrected chi connectivity index (χ0v) is 17.2. The van der Waals surface area contributed by atoms with Crippen molar-refractivity contribution in [2.45, 2.75) is 41.2 Å².